The second-order valence-electron chi connectivity index (χ2n) is 8.88. The van der Waals surface area contributed by atoms with Crippen molar-refractivity contribution >= 4 is 57.1 Å². The average molecular weight is 591 g/mol. The minimum atomic E-state index is -3.94. The zero-order chi connectivity index (χ0) is 29.3. The fourth-order valence-electron chi connectivity index (χ4n) is 3.87. The lowest BCUT2D eigenvalue weighted by atomic mass is 10.0. The number of carbonyl (C=O) groups is 4. The number of nitrogens with two attached hydrogens (primary N) is 1. The first-order valence-electron chi connectivity index (χ1n) is 12.2. The smallest absolute Gasteiger partial charge is 0.326 e. The van der Waals surface area contributed by atoms with Gasteiger partial charge in [0.15, 0.2) is 5.96 Å². The molecule has 13 nitrogen and oxygen atoms in total. The van der Waals surface area contributed by atoms with E-state index < -0.39 is 45.9 Å². The van der Waals surface area contributed by atoms with Crippen molar-refractivity contribution in [3.8, 4) is 0 Å². The number of nitrogens with zero attached hydrogens (tertiary/aromatic N) is 1. The number of carboxylic acids is 1. The molecule has 0 saturated carbocycles. The van der Waals surface area contributed by atoms with E-state index in [-0.39, 0.29) is 48.1 Å². The Morgan fingerprint density at radius 2 is 1.70 bits per heavy atom. The molecule has 2 atom stereocenters. The molecule has 3 amide bonds. The van der Waals surface area contributed by atoms with E-state index in [1.54, 1.807) is 42.5 Å². The largest absolute Gasteiger partial charge is 0.480 e. The lowest BCUT2D eigenvalue weighted by molar-refractivity contribution is -0.142. The number of carboxylic acid groups (broad SMARTS) is 1. The van der Waals surface area contributed by atoms with Crippen LogP contribution in [0.2, 0.25) is 0 Å². The van der Waals surface area contributed by atoms with Gasteiger partial charge < -0.3 is 21.5 Å². The van der Waals surface area contributed by atoms with Gasteiger partial charge in [0.2, 0.25) is 27.7 Å². The Labute approximate surface area is 235 Å². The third kappa shape index (κ3) is 8.53. The van der Waals surface area contributed by atoms with Crippen LogP contribution in [0, 0.1) is 5.41 Å². The number of rotatable bonds is 12. The number of guanidine groups is 1. The van der Waals surface area contributed by atoms with E-state index in [0.717, 1.165) is 4.31 Å². The Bertz CT molecular complexity index is 1350. The number of aliphatic carboxylic acids is 1. The van der Waals surface area contributed by atoms with Crippen molar-refractivity contribution in [1.29, 1.82) is 5.41 Å². The maximum atomic E-state index is 13.1. The highest BCUT2D eigenvalue weighted by molar-refractivity contribution is 8.00. The molecule has 1 aliphatic heterocycles. The maximum absolute atomic E-state index is 13.1. The number of carbonyl (C=O) groups excluding carboxylic acids is 3. The van der Waals surface area contributed by atoms with Crippen LogP contribution in [-0.4, -0.2) is 71.2 Å². The van der Waals surface area contributed by atoms with Crippen LogP contribution in [0.15, 0.2) is 59.5 Å². The Kier molecular flexibility index (Phi) is 10.6. The number of hydrogen-bond donors (Lipinski definition) is 6. The van der Waals surface area contributed by atoms with Crippen LogP contribution in [0.5, 0.6) is 0 Å². The first kappa shape index (κ1) is 30.6. The standard InChI is InChI=1S/C25H30N6O7S2/c26-25(27)30-22(33)8-4-7-21(32)28-17-11-9-16(10-12-17)13-19(24(35)36)29-23(34)20-14-39-15-31(20)40(37,38)18-5-2-1-3-6-18/h1-3,5-6,9-12,19-20H,4,7-8,13-15H2,(H,28,32)(H,29,34)(H,35,36)(H4,26,27,30,33)/t19-,20-/m0/s1. The first-order valence-corrected chi connectivity index (χ1v) is 14.8. The number of benzene rings is 2. The molecular weight excluding hydrogens is 560 g/mol. The third-order valence-electron chi connectivity index (χ3n) is 5.87. The highest BCUT2D eigenvalue weighted by atomic mass is 32.2. The van der Waals surface area contributed by atoms with Crippen molar-refractivity contribution < 1.29 is 32.7 Å². The molecule has 0 radical (unpaired) electrons. The first-order chi connectivity index (χ1) is 19.0. The van der Waals surface area contributed by atoms with E-state index >= 15 is 0 Å². The van der Waals surface area contributed by atoms with Crippen molar-refractivity contribution in [3.05, 3.63) is 60.2 Å². The molecule has 214 valence electrons. The van der Waals surface area contributed by atoms with Crippen molar-refractivity contribution in [2.75, 3.05) is 16.9 Å². The van der Waals surface area contributed by atoms with Gasteiger partial charge in [-0.1, -0.05) is 30.3 Å². The Balaban J connectivity index is 1.56. The Morgan fingerprint density at radius 1 is 1.05 bits per heavy atom. The Hall–Kier alpha value is -3.95. The Morgan fingerprint density at radius 3 is 2.33 bits per heavy atom. The zero-order valence-corrected chi connectivity index (χ0v) is 23.0. The molecule has 2 aromatic rings. The SMILES string of the molecule is N=C(N)NC(=O)CCCC(=O)Nc1ccc(C[C@H](NC(=O)[C@@H]2CSCN2S(=O)(=O)c2ccccc2)C(=O)O)cc1. The highest BCUT2D eigenvalue weighted by Crippen LogP contribution is 2.28. The lowest BCUT2D eigenvalue weighted by Gasteiger charge is -2.24. The molecule has 0 spiro atoms. The molecule has 0 aliphatic carbocycles. The molecule has 3 rings (SSSR count). The van der Waals surface area contributed by atoms with E-state index in [0.29, 0.717) is 11.3 Å². The molecule has 7 N–H and O–H groups in total. The van der Waals surface area contributed by atoms with Gasteiger partial charge in [0, 0.05) is 30.7 Å². The van der Waals surface area contributed by atoms with Gasteiger partial charge in [-0.15, -0.1) is 11.8 Å². The fraction of sp³-hybridized carbons (Fsp3) is 0.320. The highest BCUT2D eigenvalue weighted by Gasteiger charge is 2.41. The van der Waals surface area contributed by atoms with Gasteiger partial charge in [-0.2, -0.15) is 4.31 Å². The number of hydrogen-bond acceptors (Lipinski definition) is 8. The van der Waals surface area contributed by atoms with Gasteiger partial charge in [-0.05, 0) is 36.2 Å². The summed E-state index contributed by atoms with van der Waals surface area (Å²) in [6, 6.07) is 11.7. The normalized spacial score (nSPS) is 16.1. The van der Waals surface area contributed by atoms with E-state index in [9.17, 15) is 32.7 Å². The molecule has 1 heterocycles. The molecule has 2 aromatic carbocycles. The quantitative estimate of drug-likeness (QED) is 0.151. The van der Waals surface area contributed by atoms with Crippen molar-refractivity contribution in [3.63, 3.8) is 0 Å². The van der Waals surface area contributed by atoms with Crippen LogP contribution in [0.4, 0.5) is 5.69 Å². The predicted octanol–water partition coefficient (Wildman–Crippen LogP) is 0.681. The van der Waals surface area contributed by atoms with Crippen LogP contribution in [0.3, 0.4) is 0 Å². The van der Waals surface area contributed by atoms with E-state index in [1.807, 2.05) is 0 Å². The second-order valence-corrected chi connectivity index (χ2v) is 11.8. The van der Waals surface area contributed by atoms with Gasteiger partial charge in [-0.25, -0.2) is 13.2 Å². The number of thioether (sulfide) groups is 1. The summed E-state index contributed by atoms with van der Waals surface area (Å²) < 4.78 is 27.2. The number of anilines is 1. The summed E-state index contributed by atoms with van der Waals surface area (Å²) in [5.41, 5.74) is 6.10. The molecule has 1 fully saturated rings. The average Bonchev–Trinajstić information content (AvgIpc) is 3.41. The van der Waals surface area contributed by atoms with Crippen LogP contribution in [0.1, 0.15) is 24.8 Å². The molecule has 15 heteroatoms. The van der Waals surface area contributed by atoms with Crippen LogP contribution < -0.4 is 21.7 Å². The van der Waals surface area contributed by atoms with E-state index in [2.05, 4.69) is 16.0 Å². The minimum absolute atomic E-state index is 0.0315. The molecule has 40 heavy (non-hydrogen) atoms. The summed E-state index contributed by atoms with van der Waals surface area (Å²) in [5, 5.41) is 24.0. The van der Waals surface area contributed by atoms with Crippen LogP contribution in [0.25, 0.3) is 0 Å². The number of sulfonamides is 1. The van der Waals surface area contributed by atoms with Crippen LogP contribution >= 0.6 is 11.8 Å². The minimum Gasteiger partial charge on any atom is -0.480 e. The lowest BCUT2D eigenvalue weighted by Crippen LogP contribution is -2.52. The van der Waals surface area contributed by atoms with E-state index in [4.69, 9.17) is 11.1 Å². The molecule has 0 aromatic heterocycles. The van der Waals surface area contributed by atoms with Crippen molar-refractivity contribution in [2.45, 2.75) is 42.7 Å². The van der Waals surface area contributed by atoms with Crippen LogP contribution in [-0.2, 0) is 35.6 Å². The van der Waals surface area contributed by atoms with Gasteiger partial charge in [0.05, 0.1) is 10.8 Å². The second kappa shape index (κ2) is 13.9. The van der Waals surface area contributed by atoms with Gasteiger partial charge in [-0.3, -0.25) is 25.1 Å². The van der Waals surface area contributed by atoms with Crippen molar-refractivity contribution in [1.82, 2.24) is 14.9 Å². The number of nitrogens with one attached hydrogen (secondary N) is 4. The summed E-state index contributed by atoms with van der Waals surface area (Å²) in [6.07, 6.45) is 0.291. The van der Waals surface area contributed by atoms with Gasteiger partial charge >= 0.3 is 5.97 Å². The predicted molar refractivity (Wildman–Crippen MR) is 149 cm³/mol. The monoisotopic (exact) mass is 590 g/mol. The topological polar surface area (TPSA) is 212 Å². The molecule has 1 saturated heterocycles. The summed E-state index contributed by atoms with van der Waals surface area (Å²) in [4.78, 5) is 48.6. The molecule has 0 unspecified atom stereocenters. The molecular formula is C25H30N6O7S2. The summed E-state index contributed by atoms with van der Waals surface area (Å²) in [5.74, 6) is -2.95. The molecule has 1 aliphatic rings. The third-order valence-corrected chi connectivity index (χ3v) is 8.91. The summed E-state index contributed by atoms with van der Waals surface area (Å²) >= 11 is 1.27. The zero-order valence-electron chi connectivity index (χ0n) is 21.3. The number of amides is 3. The maximum Gasteiger partial charge on any atom is 0.326 e. The van der Waals surface area contributed by atoms with E-state index in [1.165, 1.54) is 23.9 Å². The van der Waals surface area contributed by atoms with Crippen molar-refractivity contribution in [2.24, 2.45) is 5.73 Å². The molecule has 0 bridgehead atoms. The fourth-order valence-corrected chi connectivity index (χ4v) is 7.04. The summed E-state index contributed by atoms with van der Waals surface area (Å²) in [6.45, 7) is 0. The van der Waals surface area contributed by atoms with Gasteiger partial charge in [0.25, 0.3) is 0 Å². The van der Waals surface area contributed by atoms with Gasteiger partial charge in [0.1, 0.15) is 12.1 Å². The summed E-state index contributed by atoms with van der Waals surface area (Å²) in [7, 11) is -3.94.